The molecular formula is C20H19N3O3S. The number of rotatable bonds is 5. The van der Waals surface area contributed by atoms with Gasteiger partial charge in [-0.3, -0.25) is 4.79 Å². The SMILES string of the molecule is CCc1cccc(C)c1NC(=O)c1csc(Nc2ccc3c(c2)OCO3)n1. The molecule has 2 aromatic carbocycles. The smallest absolute Gasteiger partial charge is 0.275 e. The van der Waals surface area contributed by atoms with Crippen molar-refractivity contribution < 1.29 is 14.3 Å². The minimum atomic E-state index is -0.214. The molecule has 0 saturated carbocycles. The molecule has 2 heterocycles. The summed E-state index contributed by atoms with van der Waals surface area (Å²) in [6, 6.07) is 11.6. The van der Waals surface area contributed by atoms with E-state index in [1.807, 2.05) is 43.3 Å². The maximum absolute atomic E-state index is 12.6. The Morgan fingerprint density at radius 2 is 2.07 bits per heavy atom. The second-order valence-corrected chi connectivity index (χ2v) is 7.01. The quantitative estimate of drug-likeness (QED) is 0.668. The zero-order chi connectivity index (χ0) is 18.8. The van der Waals surface area contributed by atoms with E-state index in [4.69, 9.17) is 9.47 Å². The fourth-order valence-corrected chi connectivity index (χ4v) is 3.62. The fraction of sp³-hybridized carbons (Fsp3) is 0.200. The van der Waals surface area contributed by atoms with E-state index in [2.05, 4.69) is 22.5 Å². The summed E-state index contributed by atoms with van der Waals surface area (Å²) >= 11 is 1.38. The van der Waals surface area contributed by atoms with Crippen molar-refractivity contribution in [2.24, 2.45) is 0 Å². The third-order valence-corrected chi connectivity index (χ3v) is 5.10. The highest BCUT2D eigenvalue weighted by molar-refractivity contribution is 7.14. The van der Waals surface area contributed by atoms with Crippen LogP contribution in [-0.4, -0.2) is 17.7 Å². The second kappa shape index (κ2) is 7.28. The molecule has 0 saturated heterocycles. The van der Waals surface area contributed by atoms with Crippen LogP contribution in [0.1, 0.15) is 28.5 Å². The summed E-state index contributed by atoms with van der Waals surface area (Å²) < 4.78 is 10.7. The summed E-state index contributed by atoms with van der Waals surface area (Å²) in [7, 11) is 0. The second-order valence-electron chi connectivity index (χ2n) is 6.15. The molecule has 27 heavy (non-hydrogen) atoms. The zero-order valence-corrected chi connectivity index (χ0v) is 15.9. The number of amides is 1. The summed E-state index contributed by atoms with van der Waals surface area (Å²) in [6.07, 6.45) is 0.852. The van der Waals surface area contributed by atoms with Crippen LogP contribution in [-0.2, 0) is 6.42 Å². The maximum Gasteiger partial charge on any atom is 0.275 e. The number of ether oxygens (including phenoxy) is 2. The number of aryl methyl sites for hydroxylation is 2. The van der Waals surface area contributed by atoms with E-state index >= 15 is 0 Å². The van der Waals surface area contributed by atoms with Crippen molar-refractivity contribution in [3.05, 3.63) is 58.6 Å². The van der Waals surface area contributed by atoms with Crippen molar-refractivity contribution in [2.45, 2.75) is 20.3 Å². The lowest BCUT2D eigenvalue weighted by molar-refractivity contribution is 0.102. The van der Waals surface area contributed by atoms with E-state index in [9.17, 15) is 4.79 Å². The summed E-state index contributed by atoms with van der Waals surface area (Å²) in [4.78, 5) is 17.0. The number of hydrogen-bond donors (Lipinski definition) is 2. The molecular weight excluding hydrogens is 362 g/mol. The largest absolute Gasteiger partial charge is 0.454 e. The monoisotopic (exact) mass is 381 g/mol. The molecule has 0 radical (unpaired) electrons. The number of carbonyl (C=O) groups excluding carboxylic acids is 1. The van der Waals surface area contributed by atoms with Crippen LogP contribution in [0.5, 0.6) is 11.5 Å². The first-order valence-corrected chi connectivity index (χ1v) is 9.54. The molecule has 0 fully saturated rings. The van der Waals surface area contributed by atoms with Gasteiger partial charge in [-0.1, -0.05) is 25.1 Å². The van der Waals surface area contributed by atoms with Crippen LogP contribution in [0.3, 0.4) is 0 Å². The third-order valence-electron chi connectivity index (χ3n) is 4.34. The molecule has 6 nitrogen and oxygen atoms in total. The number of fused-ring (bicyclic) bond motifs is 1. The number of hydrogen-bond acceptors (Lipinski definition) is 6. The molecule has 0 atom stereocenters. The molecule has 1 aromatic heterocycles. The predicted octanol–water partition coefficient (Wildman–Crippen LogP) is 4.74. The third kappa shape index (κ3) is 3.59. The van der Waals surface area contributed by atoms with E-state index < -0.39 is 0 Å². The van der Waals surface area contributed by atoms with E-state index in [1.54, 1.807) is 5.38 Å². The molecule has 3 aromatic rings. The first-order valence-electron chi connectivity index (χ1n) is 8.66. The number of aromatic nitrogens is 1. The molecule has 0 spiro atoms. The molecule has 0 aliphatic carbocycles. The van der Waals surface area contributed by atoms with Gasteiger partial charge in [-0.15, -0.1) is 11.3 Å². The van der Waals surface area contributed by atoms with Crippen LogP contribution in [0, 0.1) is 6.92 Å². The van der Waals surface area contributed by atoms with Gasteiger partial charge in [-0.25, -0.2) is 4.98 Å². The number of benzene rings is 2. The van der Waals surface area contributed by atoms with Gasteiger partial charge in [0.1, 0.15) is 5.69 Å². The van der Waals surface area contributed by atoms with Gasteiger partial charge in [-0.05, 0) is 36.6 Å². The average molecular weight is 381 g/mol. The Labute approximate surface area is 161 Å². The van der Waals surface area contributed by atoms with Crippen LogP contribution in [0.25, 0.3) is 0 Å². The Hall–Kier alpha value is -3.06. The van der Waals surface area contributed by atoms with Gasteiger partial charge in [-0.2, -0.15) is 0 Å². The molecule has 1 aliphatic heterocycles. The highest BCUT2D eigenvalue weighted by atomic mass is 32.1. The van der Waals surface area contributed by atoms with Crippen LogP contribution < -0.4 is 20.1 Å². The molecule has 138 valence electrons. The van der Waals surface area contributed by atoms with E-state index in [-0.39, 0.29) is 12.7 Å². The van der Waals surface area contributed by atoms with Gasteiger partial charge in [0.25, 0.3) is 5.91 Å². The van der Waals surface area contributed by atoms with Gasteiger partial charge in [0.15, 0.2) is 16.6 Å². The zero-order valence-electron chi connectivity index (χ0n) is 15.0. The topological polar surface area (TPSA) is 72.5 Å². The standard InChI is InChI=1S/C20H19N3O3S/c1-3-13-6-4-5-12(2)18(13)23-19(24)15-10-27-20(22-15)21-14-7-8-16-17(9-14)26-11-25-16/h4-10H,3,11H2,1-2H3,(H,21,22)(H,23,24). The number of carbonyl (C=O) groups is 1. The molecule has 0 bridgehead atoms. The Kier molecular flexibility index (Phi) is 4.68. The predicted molar refractivity (Wildman–Crippen MR) is 106 cm³/mol. The van der Waals surface area contributed by atoms with Crippen molar-refractivity contribution in [1.29, 1.82) is 0 Å². The molecule has 1 amide bonds. The lowest BCUT2D eigenvalue weighted by atomic mass is 10.1. The highest BCUT2D eigenvalue weighted by Gasteiger charge is 2.16. The van der Waals surface area contributed by atoms with Crippen molar-refractivity contribution in [2.75, 3.05) is 17.4 Å². The normalized spacial score (nSPS) is 12.1. The van der Waals surface area contributed by atoms with E-state index in [0.29, 0.717) is 16.6 Å². The summed E-state index contributed by atoms with van der Waals surface area (Å²) in [5.74, 6) is 1.21. The van der Waals surface area contributed by atoms with Crippen LogP contribution in [0.4, 0.5) is 16.5 Å². The molecule has 2 N–H and O–H groups in total. The number of para-hydroxylation sites is 1. The summed E-state index contributed by atoms with van der Waals surface area (Å²) in [5, 5.41) is 8.58. The van der Waals surface area contributed by atoms with Crippen molar-refractivity contribution in [3.8, 4) is 11.5 Å². The number of thiazole rings is 1. The highest BCUT2D eigenvalue weighted by Crippen LogP contribution is 2.35. The molecule has 0 unspecified atom stereocenters. The van der Waals surface area contributed by atoms with E-state index in [1.165, 1.54) is 11.3 Å². The molecule has 4 rings (SSSR count). The number of anilines is 3. The number of nitrogens with zero attached hydrogens (tertiary/aromatic N) is 1. The first kappa shape index (κ1) is 17.4. The van der Waals surface area contributed by atoms with Gasteiger partial charge in [0.05, 0.1) is 0 Å². The average Bonchev–Trinajstić information content (AvgIpc) is 3.32. The summed E-state index contributed by atoms with van der Waals surface area (Å²) in [5.41, 5.74) is 4.22. The van der Waals surface area contributed by atoms with Crippen LogP contribution in [0.2, 0.25) is 0 Å². The Balaban J connectivity index is 1.48. The van der Waals surface area contributed by atoms with Crippen LogP contribution in [0.15, 0.2) is 41.8 Å². The lowest BCUT2D eigenvalue weighted by Crippen LogP contribution is -2.14. The molecule has 1 aliphatic rings. The van der Waals surface area contributed by atoms with Gasteiger partial charge in [0, 0.05) is 22.8 Å². The Morgan fingerprint density at radius 1 is 1.22 bits per heavy atom. The van der Waals surface area contributed by atoms with E-state index in [0.717, 1.165) is 34.7 Å². The Morgan fingerprint density at radius 3 is 2.93 bits per heavy atom. The van der Waals surface area contributed by atoms with Gasteiger partial charge >= 0.3 is 0 Å². The van der Waals surface area contributed by atoms with Crippen molar-refractivity contribution >= 4 is 33.8 Å². The van der Waals surface area contributed by atoms with Gasteiger partial charge < -0.3 is 20.1 Å². The lowest BCUT2D eigenvalue weighted by Gasteiger charge is -2.12. The summed E-state index contributed by atoms with van der Waals surface area (Å²) in [6.45, 7) is 4.29. The van der Waals surface area contributed by atoms with Crippen LogP contribution >= 0.6 is 11.3 Å². The maximum atomic E-state index is 12.6. The van der Waals surface area contributed by atoms with Crippen molar-refractivity contribution in [1.82, 2.24) is 4.98 Å². The Bertz CT molecular complexity index is 1000. The van der Waals surface area contributed by atoms with Gasteiger partial charge in [0.2, 0.25) is 6.79 Å². The minimum absolute atomic E-state index is 0.214. The first-order chi connectivity index (χ1) is 13.1. The molecule has 7 heteroatoms. The fourth-order valence-electron chi connectivity index (χ4n) is 2.91. The minimum Gasteiger partial charge on any atom is -0.454 e. The number of nitrogens with one attached hydrogen (secondary N) is 2. The van der Waals surface area contributed by atoms with Crippen molar-refractivity contribution in [3.63, 3.8) is 0 Å².